The fraction of sp³-hybridized carbons (Fsp3) is 0.500. The van der Waals surface area contributed by atoms with Crippen LogP contribution in [-0.4, -0.2) is 25.3 Å². The molecule has 1 aliphatic rings. The zero-order chi connectivity index (χ0) is 11.5. The van der Waals surface area contributed by atoms with Crippen LogP contribution in [0.4, 0.5) is 4.39 Å². The number of hydrogen-bond donors (Lipinski definition) is 2. The Labute approximate surface area is 94.2 Å². The van der Waals surface area contributed by atoms with Gasteiger partial charge in [0.1, 0.15) is 17.3 Å². The Hall–Kier alpha value is -1.29. The van der Waals surface area contributed by atoms with Crippen LogP contribution in [0.2, 0.25) is 0 Å². The molecule has 3 nitrogen and oxygen atoms in total. The second kappa shape index (κ2) is 4.70. The number of rotatable bonds is 2. The zero-order valence-corrected chi connectivity index (χ0v) is 9.29. The van der Waals surface area contributed by atoms with E-state index in [1.54, 1.807) is 0 Å². The third kappa shape index (κ3) is 2.11. The Morgan fingerprint density at radius 1 is 1.50 bits per heavy atom. The highest BCUT2D eigenvalue weighted by Crippen LogP contribution is 2.38. The van der Waals surface area contributed by atoms with Crippen LogP contribution in [0.5, 0.6) is 11.5 Å². The van der Waals surface area contributed by atoms with Crippen molar-refractivity contribution in [2.24, 2.45) is 0 Å². The molecular formula is C12H16FNO2. The summed E-state index contributed by atoms with van der Waals surface area (Å²) in [5.41, 5.74) is 0.719. The average molecular weight is 225 g/mol. The molecule has 1 unspecified atom stereocenters. The van der Waals surface area contributed by atoms with Gasteiger partial charge >= 0.3 is 0 Å². The van der Waals surface area contributed by atoms with Crippen LogP contribution < -0.4 is 10.1 Å². The second-order valence-electron chi connectivity index (χ2n) is 4.08. The SMILES string of the molecule is COc1cc(F)cc(O)c1C1CCCNC1. The van der Waals surface area contributed by atoms with Gasteiger partial charge in [0.25, 0.3) is 0 Å². The number of halogens is 1. The lowest BCUT2D eigenvalue weighted by Crippen LogP contribution is -2.28. The van der Waals surface area contributed by atoms with Crippen LogP contribution in [0.1, 0.15) is 24.3 Å². The van der Waals surface area contributed by atoms with Crippen molar-refractivity contribution in [3.63, 3.8) is 0 Å². The van der Waals surface area contributed by atoms with Gasteiger partial charge in [0, 0.05) is 30.2 Å². The highest BCUT2D eigenvalue weighted by molar-refractivity contribution is 5.47. The number of phenols is 1. The smallest absolute Gasteiger partial charge is 0.130 e. The highest BCUT2D eigenvalue weighted by Gasteiger charge is 2.23. The molecule has 4 heteroatoms. The predicted octanol–water partition coefficient (Wildman–Crippen LogP) is 2.01. The molecule has 1 aromatic carbocycles. The van der Waals surface area contributed by atoms with Crippen molar-refractivity contribution in [1.82, 2.24) is 5.32 Å². The molecule has 2 rings (SSSR count). The molecule has 0 radical (unpaired) electrons. The number of piperidine rings is 1. The summed E-state index contributed by atoms with van der Waals surface area (Å²) in [4.78, 5) is 0. The summed E-state index contributed by atoms with van der Waals surface area (Å²) in [5, 5.41) is 13.1. The lowest BCUT2D eigenvalue weighted by atomic mass is 9.90. The minimum Gasteiger partial charge on any atom is -0.507 e. The summed E-state index contributed by atoms with van der Waals surface area (Å²) in [6, 6.07) is 2.47. The monoisotopic (exact) mass is 225 g/mol. The average Bonchev–Trinajstić information content (AvgIpc) is 2.29. The summed E-state index contributed by atoms with van der Waals surface area (Å²) in [5.74, 6) is 0.155. The first-order chi connectivity index (χ1) is 7.72. The van der Waals surface area contributed by atoms with Gasteiger partial charge in [-0.2, -0.15) is 0 Å². The molecule has 1 fully saturated rings. The van der Waals surface area contributed by atoms with Gasteiger partial charge in [0.2, 0.25) is 0 Å². The molecule has 16 heavy (non-hydrogen) atoms. The lowest BCUT2D eigenvalue weighted by Gasteiger charge is -2.25. The zero-order valence-electron chi connectivity index (χ0n) is 9.29. The van der Waals surface area contributed by atoms with E-state index in [4.69, 9.17) is 4.74 Å². The van der Waals surface area contributed by atoms with Gasteiger partial charge in [0.05, 0.1) is 7.11 Å². The van der Waals surface area contributed by atoms with Gasteiger partial charge in [-0.05, 0) is 19.4 Å². The predicted molar refractivity (Wildman–Crippen MR) is 59.5 cm³/mol. The Bertz CT molecular complexity index is 376. The summed E-state index contributed by atoms with van der Waals surface area (Å²) in [6.45, 7) is 1.80. The third-order valence-electron chi connectivity index (χ3n) is 3.01. The van der Waals surface area contributed by atoms with E-state index < -0.39 is 5.82 Å². The minimum absolute atomic E-state index is 0.00875. The lowest BCUT2D eigenvalue weighted by molar-refractivity contribution is 0.372. The molecule has 1 saturated heterocycles. The number of benzene rings is 1. The van der Waals surface area contributed by atoms with Crippen molar-refractivity contribution in [2.45, 2.75) is 18.8 Å². The summed E-state index contributed by atoms with van der Waals surface area (Å²) in [6.07, 6.45) is 2.05. The number of hydrogen-bond acceptors (Lipinski definition) is 3. The van der Waals surface area contributed by atoms with Crippen LogP contribution in [0.3, 0.4) is 0 Å². The van der Waals surface area contributed by atoms with Crippen molar-refractivity contribution in [1.29, 1.82) is 0 Å². The number of aromatic hydroxyl groups is 1. The second-order valence-corrected chi connectivity index (χ2v) is 4.08. The molecule has 0 spiro atoms. The third-order valence-corrected chi connectivity index (χ3v) is 3.01. The van der Waals surface area contributed by atoms with Crippen molar-refractivity contribution in [3.8, 4) is 11.5 Å². The molecule has 1 aromatic rings. The fourth-order valence-corrected chi connectivity index (χ4v) is 2.26. The molecule has 0 amide bonds. The Balaban J connectivity index is 2.37. The maximum atomic E-state index is 13.1. The van der Waals surface area contributed by atoms with Crippen molar-refractivity contribution < 1.29 is 14.2 Å². The first kappa shape index (κ1) is 11.2. The molecule has 0 bridgehead atoms. The van der Waals surface area contributed by atoms with Crippen LogP contribution in [0, 0.1) is 5.82 Å². The molecule has 0 saturated carbocycles. The standard InChI is InChI=1S/C12H16FNO2/c1-16-11-6-9(13)5-10(15)12(11)8-3-2-4-14-7-8/h5-6,8,14-15H,2-4,7H2,1H3. The number of methoxy groups -OCH3 is 1. The maximum absolute atomic E-state index is 13.1. The van der Waals surface area contributed by atoms with E-state index in [1.807, 2.05) is 0 Å². The molecular weight excluding hydrogens is 209 g/mol. The van der Waals surface area contributed by atoms with Crippen molar-refractivity contribution in [3.05, 3.63) is 23.5 Å². The van der Waals surface area contributed by atoms with Gasteiger partial charge in [-0.15, -0.1) is 0 Å². The minimum atomic E-state index is -0.470. The number of phenolic OH excluding ortho intramolecular Hbond substituents is 1. The number of nitrogens with one attached hydrogen (secondary N) is 1. The largest absolute Gasteiger partial charge is 0.507 e. The molecule has 88 valence electrons. The molecule has 0 aromatic heterocycles. The van der Waals surface area contributed by atoms with Crippen LogP contribution >= 0.6 is 0 Å². The first-order valence-electron chi connectivity index (χ1n) is 5.49. The van der Waals surface area contributed by atoms with E-state index >= 15 is 0 Å². The molecule has 1 heterocycles. The van der Waals surface area contributed by atoms with E-state index in [2.05, 4.69) is 5.32 Å². The van der Waals surface area contributed by atoms with E-state index in [9.17, 15) is 9.50 Å². The number of ether oxygens (including phenoxy) is 1. The van der Waals surface area contributed by atoms with Crippen LogP contribution in [-0.2, 0) is 0 Å². The van der Waals surface area contributed by atoms with Crippen LogP contribution in [0.25, 0.3) is 0 Å². The summed E-state index contributed by atoms with van der Waals surface area (Å²) < 4.78 is 18.2. The van der Waals surface area contributed by atoms with Gasteiger partial charge < -0.3 is 15.2 Å². The van der Waals surface area contributed by atoms with E-state index in [0.29, 0.717) is 5.75 Å². The van der Waals surface area contributed by atoms with Crippen molar-refractivity contribution >= 4 is 0 Å². The molecule has 1 atom stereocenters. The maximum Gasteiger partial charge on any atom is 0.130 e. The normalized spacial score (nSPS) is 20.8. The molecule has 1 aliphatic heterocycles. The van der Waals surface area contributed by atoms with E-state index in [-0.39, 0.29) is 11.7 Å². The molecule has 2 N–H and O–H groups in total. The highest BCUT2D eigenvalue weighted by atomic mass is 19.1. The van der Waals surface area contributed by atoms with Gasteiger partial charge in [-0.25, -0.2) is 4.39 Å². The van der Waals surface area contributed by atoms with E-state index in [1.165, 1.54) is 13.2 Å². The Kier molecular flexibility index (Phi) is 3.29. The molecule has 0 aliphatic carbocycles. The van der Waals surface area contributed by atoms with E-state index in [0.717, 1.165) is 37.6 Å². The van der Waals surface area contributed by atoms with Crippen molar-refractivity contribution in [2.75, 3.05) is 20.2 Å². The topological polar surface area (TPSA) is 41.5 Å². The van der Waals surface area contributed by atoms with Gasteiger partial charge in [-0.3, -0.25) is 0 Å². The van der Waals surface area contributed by atoms with Gasteiger partial charge in [-0.1, -0.05) is 0 Å². The Morgan fingerprint density at radius 2 is 2.31 bits per heavy atom. The Morgan fingerprint density at radius 3 is 2.94 bits per heavy atom. The van der Waals surface area contributed by atoms with Gasteiger partial charge in [0.15, 0.2) is 0 Å². The van der Waals surface area contributed by atoms with Crippen LogP contribution in [0.15, 0.2) is 12.1 Å². The summed E-state index contributed by atoms with van der Waals surface area (Å²) in [7, 11) is 1.49. The summed E-state index contributed by atoms with van der Waals surface area (Å²) >= 11 is 0. The quantitative estimate of drug-likeness (QED) is 0.809. The first-order valence-corrected chi connectivity index (χ1v) is 5.49. The fourth-order valence-electron chi connectivity index (χ4n) is 2.26.